The summed E-state index contributed by atoms with van der Waals surface area (Å²) in [5.74, 6) is -1.86. The molecule has 170 valence electrons. The SMILES string of the molecule is Cc1ccc(Cc2csc(N3CCN(S(=O)(=O)c4c(F)c(Br)cc(F)c4Br)CC3)n2)cc1. The highest BCUT2D eigenvalue weighted by Crippen LogP contribution is 2.35. The minimum absolute atomic E-state index is 0.148. The normalized spacial score (nSPS) is 15.3. The summed E-state index contributed by atoms with van der Waals surface area (Å²) in [7, 11) is -4.22. The van der Waals surface area contributed by atoms with Crippen LogP contribution in [0.15, 0.2) is 49.6 Å². The molecule has 0 aliphatic carbocycles. The van der Waals surface area contributed by atoms with E-state index in [2.05, 4.69) is 56.1 Å². The van der Waals surface area contributed by atoms with Gasteiger partial charge in [0.05, 0.1) is 14.6 Å². The number of halogens is 4. The molecule has 2 aromatic carbocycles. The number of anilines is 1. The Bertz CT molecular complexity index is 1220. The Labute approximate surface area is 206 Å². The molecular weight excluding hydrogens is 588 g/mol. The molecule has 0 N–H and O–H groups in total. The molecule has 0 atom stereocenters. The molecule has 1 aliphatic rings. The predicted molar refractivity (Wildman–Crippen MR) is 129 cm³/mol. The minimum Gasteiger partial charge on any atom is -0.345 e. The van der Waals surface area contributed by atoms with Gasteiger partial charge in [0, 0.05) is 38.0 Å². The summed E-state index contributed by atoms with van der Waals surface area (Å²) in [5, 5.41) is 2.83. The number of aromatic nitrogens is 1. The summed E-state index contributed by atoms with van der Waals surface area (Å²) in [6.07, 6.45) is 0.729. The Kier molecular flexibility index (Phi) is 7.02. The van der Waals surface area contributed by atoms with Crippen molar-refractivity contribution >= 4 is 58.4 Å². The third-order valence-corrected chi connectivity index (χ3v) is 9.73. The van der Waals surface area contributed by atoms with Crippen LogP contribution in [0.4, 0.5) is 13.9 Å². The molecule has 0 spiro atoms. The zero-order chi connectivity index (χ0) is 23.0. The van der Waals surface area contributed by atoms with Crippen LogP contribution in [0.2, 0.25) is 0 Å². The van der Waals surface area contributed by atoms with E-state index in [1.54, 1.807) is 0 Å². The molecule has 5 nitrogen and oxygen atoms in total. The second-order valence-corrected chi connectivity index (χ2v) is 11.8. The molecule has 32 heavy (non-hydrogen) atoms. The molecule has 0 radical (unpaired) electrons. The first kappa shape index (κ1) is 23.7. The average molecular weight is 607 g/mol. The zero-order valence-corrected chi connectivity index (χ0v) is 21.8. The molecule has 1 saturated heterocycles. The van der Waals surface area contributed by atoms with E-state index in [9.17, 15) is 17.2 Å². The van der Waals surface area contributed by atoms with E-state index in [0.29, 0.717) is 13.1 Å². The molecule has 1 fully saturated rings. The Hall–Kier alpha value is -1.40. The number of piperazine rings is 1. The van der Waals surface area contributed by atoms with E-state index in [0.717, 1.165) is 23.3 Å². The summed E-state index contributed by atoms with van der Waals surface area (Å²) in [4.78, 5) is 6.03. The van der Waals surface area contributed by atoms with E-state index in [-0.39, 0.29) is 17.6 Å². The standard InChI is InChI=1S/C21H19Br2F2N3O2S2/c1-13-2-4-14(5-3-13)10-15-12-31-21(26-15)27-6-8-28(9-7-27)32(29,30)20-18(23)17(24)11-16(22)19(20)25/h2-5,11-12H,6-10H2,1H3. The van der Waals surface area contributed by atoms with Crippen LogP contribution in [0.3, 0.4) is 0 Å². The Balaban J connectivity index is 1.46. The molecule has 0 bridgehead atoms. The highest BCUT2D eigenvalue weighted by molar-refractivity contribution is 9.11. The van der Waals surface area contributed by atoms with Crippen molar-refractivity contribution in [2.75, 3.05) is 31.1 Å². The van der Waals surface area contributed by atoms with Crippen LogP contribution in [-0.2, 0) is 16.4 Å². The summed E-state index contributed by atoms with van der Waals surface area (Å²) in [6, 6.07) is 9.20. The number of rotatable bonds is 5. The number of sulfonamides is 1. The van der Waals surface area contributed by atoms with Gasteiger partial charge in [-0.3, -0.25) is 0 Å². The minimum atomic E-state index is -4.22. The monoisotopic (exact) mass is 605 g/mol. The molecule has 1 aliphatic heterocycles. The number of hydrogen-bond donors (Lipinski definition) is 0. The first-order valence-electron chi connectivity index (χ1n) is 9.75. The van der Waals surface area contributed by atoms with Gasteiger partial charge in [0.25, 0.3) is 0 Å². The van der Waals surface area contributed by atoms with E-state index in [1.807, 2.05) is 17.2 Å². The van der Waals surface area contributed by atoms with Crippen molar-refractivity contribution in [1.29, 1.82) is 0 Å². The largest absolute Gasteiger partial charge is 0.345 e. The van der Waals surface area contributed by atoms with Gasteiger partial charge in [-0.1, -0.05) is 29.8 Å². The topological polar surface area (TPSA) is 53.5 Å². The number of thiazole rings is 1. The van der Waals surface area contributed by atoms with Gasteiger partial charge in [-0.05, 0) is 50.4 Å². The van der Waals surface area contributed by atoms with Gasteiger partial charge in [0.1, 0.15) is 10.7 Å². The lowest BCUT2D eigenvalue weighted by Gasteiger charge is -2.34. The van der Waals surface area contributed by atoms with Crippen molar-refractivity contribution in [2.45, 2.75) is 18.2 Å². The maximum absolute atomic E-state index is 14.6. The van der Waals surface area contributed by atoms with Crippen molar-refractivity contribution in [3.05, 3.63) is 73.1 Å². The summed E-state index contributed by atoms with van der Waals surface area (Å²) in [6.45, 7) is 3.16. The lowest BCUT2D eigenvalue weighted by Crippen LogP contribution is -2.49. The first-order valence-corrected chi connectivity index (χ1v) is 13.7. The molecule has 1 aromatic heterocycles. The maximum atomic E-state index is 14.6. The fraction of sp³-hybridized carbons (Fsp3) is 0.286. The summed E-state index contributed by atoms with van der Waals surface area (Å²) < 4.78 is 55.2. The summed E-state index contributed by atoms with van der Waals surface area (Å²) in [5.41, 5.74) is 3.34. The van der Waals surface area contributed by atoms with Gasteiger partial charge in [-0.15, -0.1) is 11.3 Å². The van der Waals surface area contributed by atoms with E-state index < -0.39 is 31.0 Å². The van der Waals surface area contributed by atoms with Gasteiger partial charge in [-0.2, -0.15) is 4.31 Å². The van der Waals surface area contributed by atoms with Crippen LogP contribution in [-0.4, -0.2) is 43.9 Å². The number of benzene rings is 2. The lowest BCUT2D eigenvalue weighted by atomic mass is 10.1. The number of nitrogens with zero attached hydrogens (tertiary/aromatic N) is 3. The van der Waals surface area contributed by atoms with Gasteiger partial charge in [0.2, 0.25) is 10.0 Å². The van der Waals surface area contributed by atoms with Crippen molar-refractivity contribution in [1.82, 2.24) is 9.29 Å². The Morgan fingerprint density at radius 3 is 2.41 bits per heavy atom. The molecule has 0 saturated carbocycles. The molecular formula is C21H19Br2F2N3O2S2. The highest BCUT2D eigenvalue weighted by Gasteiger charge is 2.35. The smallest absolute Gasteiger partial charge is 0.247 e. The van der Waals surface area contributed by atoms with Crippen molar-refractivity contribution in [3.8, 4) is 0 Å². The molecule has 2 heterocycles. The highest BCUT2D eigenvalue weighted by atomic mass is 79.9. The predicted octanol–water partition coefficient (Wildman–Crippen LogP) is 5.36. The zero-order valence-electron chi connectivity index (χ0n) is 17.0. The van der Waals surface area contributed by atoms with Crippen LogP contribution < -0.4 is 4.90 Å². The van der Waals surface area contributed by atoms with Crippen LogP contribution in [0.1, 0.15) is 16.8 Å². The number of aryl methyl sites for hydroxylation is 1. The van der Waals surface area contributed by atoms with Crippen LogP contribution in [0, 0.1) is 18.6 Å². The van der Waals surface area contributed by atoms with Crippen molar-refractivity contribution in [2.24, 2.45) is 0 Å². The van der Waals surface area contributed by atoms with Crippen LogP contribution in [0.25, 0.3) is 0 Å². The molecule has 11 heteroatoms. The fourth-order valence-corrected chi connectivity index (χ4v) is 7.34. The Morgan fingerprint density at radius 1 is 1.09 bits per heavy atom. The second-order valence-electron chi connectivity index (χ2n) is 7.47. The summed E-state index contributed by atoms with van der Waals surface area (Å²) >= 11 is 7.29. The van der Waals surface area contributed by atoms with Gasteiger partial charge in [-0.25, -0.2) is 22.2 Å². The van der Waals surface area contributed by atoms with Crippen LogP contribution >= 0.6 is 43.2 Å². The van der Waals surface area contributed by atoms with E-state index in [1.165, 1.54) is 26.8 Å². The van der Waals surface area contributed by atoms with Gasteiger partial charge >= 0.3 is 0 Å². The fourth-order valence-electron chi connectivity index (χ4n) is 3.46. The average Bonchev–Trinajstić information content (AvgIpc) is 3.22. The van der Waals surface area contributed by atoms with Gasteiger partial charge < -0.3 is 4.90 Å². The molecule has 4 rings (SSSR count). The van der Waals surface area contributed by atoms with Crippen molar-refractivity contribution in [3.63, 3.8) is 0 Å². The van der Waals surface area contributed by atoms with E-state index in [4.69, 9.17) is 4.98 Å². The maximum Gasteiger partial charge on any atom is 0.247 e. The van der Waals surface area contributed by atoms with E-state index >= 15 is 0 Å². The van der Waals surface area contributed by atoms with Crippen molar-refractivity contribution < 1.29 is 17.2 Å². The molecule has 0 unspecified atom stereocenters. The number of hydrogen-bond acceptors (Lipinski definition) is 5. The quantitative estimate of drug-likeness (QED) is 0.367. The first-order chi connectivity index (χ1) is 15.2. The molecule has 0 amide bonds. The lowest BCUT2D eigenvalue weighted by molar-refractivity contribution is 0.381. The van der Waals surface area contributed by atoms with Gasteiger partial charge in [0.15, 0.2) is 10.9 Å². The van der Waals surface area contributed by atoms with Crippen LogP contribution in [0.5, 0.6) is 0 Å². The molecule has 3 aromatic rings. The third-order valence-electron chi connectivity index (χ3n) is 5.22. The third kappa shape index (κ3) is 4.77. The Morgan fingerprint density at radius 2 is 1.75 bits per heavy atom. The second kappa shape index (κ2) is 9.46.